The first-order valence-electron chi connectivity index (χ1n) is 7.76. The molecule has 0 spiro atoms. The zero-order valence-corrected chi connectivity index (χ0v) is 12.9. The van der Waals surface area contributed by atoms with Gasteiger partial charge >= 0.3 is 0 Å². The Hall–Kier alpha value is -1.14. The van der Waals surface area contributed by atoms with Crippen LogP contribution >= 0.6 is 11.6 Å². The van der Waals surface area contributed by atoms with Gasteiger partial charge in [0, 0.05) is 13.1 Å². The Morgan fingerprint density at radius 3 is 2.43 bits per heavy atom. The summed E-state index contributed by atoms with van der Waals surface area (Å²) in [6, 6.07) is 0. The maximum Gasteiger partial charge on any atom is 0.231 e. The Morgan fingerprint density at radius 2 is 1.76 bits per heavy atom. The number of aromatic nitrogens is 3. The summed E-state index contributed by atoms with van der Waals surface area (Å²) in [5, 5.41) is 13.3. The van der Waals surface area contributed by atoms with Crippen LogP contribution in [-0.4, -0.2) is 45.3 Å². The number of aliphatic hydroxyl groups excluding tert-OH is 1. The zero-order valence-electron chi connectivity index (χ0n) is 12.2. The average Bonchev–Trinajstić information content (AvgIpc) is 3.02. The maximum atomic E-state index is 9.78. The molecule has 1 saturated carbocycles. The van der Waals surface area contributed by atoms with Gasteiger partial charge in [-0.1, -0.05) is 19.3 Å². The summed E-state index contributed by atoms with van der Waals surface area (Å²) in [6.45, 7) is 2.02. The summed E-state index contributed by atoms with van der Waals surface area (Å²) in [7, 11) is 0. The average molecular weight is 312 g/mol. The van der Waals surface area contributed by atoms with E-state index < -0.39 is 0 Å². The lowest BCUT2D eigenvalue weighted by atomic mass is 9.82. The Kier molecular flexibility index (Phi) is 4.45. The molecule has 1 saturated heterocycles. The van der Waals surface area contributed by atoms with Gasteiger partial charge in [-0.15, -0.1) is 0 Å². The summed E-state index contributed by atoms with van der Waals surface area (Å²) in [4.78, 5) is 15.0. The van der Waals surface area contributed by atoms with E-state index in [9.17, 15) is 5.11 Å². The predicted octanol–water partition coefficient (Wildman–Crippen LogP) is 2.23. The number of nitrogens with one attached hydrogen (secondary N) is 1. The minimum atomic E-state index is -0.314. The van der Waals surface area contributed by atoms with Gasteiger partial charge in [0.15, 0.2) is 0 Å². The first-order chi connectivity index (χ1) is 10.2. The summed E-state index contributed by atoms with van der Waals surface area (Å²) >= 11 is 6.04. The molecule has 7 heteroatoms. The van der Waals surface area contributed by atoms with Crippen LogP contribution in [0.5, 0.6) is 0 Å². The van der Waals surface area contributed by atoms with E-state index in [2.05, 4.69) is 25.2 Å². The third kappa shape index (κ3) is 3.37. The second-order valence-corrected chi connectivity index (χ2v) is 6.38. The van der Waals surface area contributed by atoms with Crippen molar-refractivity contribution in [3.8, 4) is 0 Å². The fourth-order valence-corrected chi connectivity index (χ4v) is 3.40. The summed E-state index contributed by atoms with van der Waals surface area (Å²) in [5.74, 6) is 1.12. The van der Waals surface area contributed by atoms with Crippen molar-refractivity contribution in [1.29, 1.82) is 0 Å². The van der Waals surface area contributed by atoms with Crippen LogP contribution in [0, 0.1) is 0 Å². The van der Waals surface area contributed by atoms with Crippen molar-refractivity contribution in [2.24, 2.45) is 0 Å². The van der Waals surface area contributed by atoms with Crippen LogP contribution in [0.25, 0.3) is 0 Å². The molecule has 2 N–H and O–H groups in total. The van der Waals surface area contributed by atoms with Crippen LogP contribution < -0.4 is 10.2 Å². The Morgan fingerprint density at radius 1 is 1.05 bits per heavy atom. The van der Waals surface area contributed by atoms with Crippen molar-refractivity contribution in [3.05, 3.63) is 5.28 Å². The van der Waals surface area contributed by atoms with Gasteiger partial charge in [0.1, 0.15) is 0 Å². The molecule has 1 aromatic heterocycles. The van der Waals surface area contributed by atoms with E-state index in [-0.39, 0.29) is 17.4 Å². The SMILES string of the molecule is OCC1(Nc2nc(Cl)nc(N3CCCC3)n2)CCCCC1. The molecule has 2 aliphatic rings. The molecule has 1 aromatic rings. The molecule has 0 aromatic carbocycles. The second-order valence-electron chi connectivity index (χ2n) is 6.05. The predicted molar refractivity (Wildman–Crippen MR) is 82.8 cm³/mol. The highest BCUT2D eigenvalue weighted by molar-refractivity contribution is 6.28. The largest absolute Gasteiger partial charge is 0.394 e. The lowest BCUT2D eigenvalue weighted by Gasteiger charge is -2.36. The van der Waals surface area contributed by atoms with Gasteiger partial charge in [0.25, 0.3) is 0 Å². The van der Waals surface area contributed by atoms with Gasteiger partial charge in [0.2, 0.25) is 17.2 Å². The molecule has 0 atom stereocenters. The molecular weight excluding hydrogens is 290 g/mol. The standard InChI is InChI=1S/C14H22ClN5O/c15-11-16-12(18-13(17-11)20-8-4-5-9-20)19-14(10-21)6-2-1-3-7-14/h21H,1-10H2,(H,16,17,18,19). The monoisotopic (exact) mass is 311 g/mol. The fraction of sp³-hybridized carbons (Fsp3) is 0.786. The van der Waals surface area contributed by atoms with E-state index in [0.29, 0.717) is 11.9 Å². The summed E-state index contributed by atoms with van der Waals surface area (Å²) < 4.78 is 0. The fourth-order valence-electron chi connectivity index (χ4n) is 3.24. The van der Waals surface area contributed by atoms with Gasteiger partial charge in [-0.2, -0.15) is 15.0 Å². The highest BCUT2D eigenvalue weighted by Crippen LogP contribution is 2.31. The van der Waals surface area contributed by atoms with E-state index in [1.165, 1.54) is 6.42 Å². The lowest BCUT2D eigenvalue weighted by Crippen LogP contribution is -2.44. The number of nitrogens with zero attached hydrogens (tertiary/aromatic N) is 4. The van der Waals surface area contributed by atoms with Crippen molar-refractivity contribution in [2.75, 3.05) is 29.9 Å². The Bertz CT molecular complexity index is 486. The molecular formula is C14H22ClN5O. The molecule has 2 fully saturated rings. The molecule has 0 amide bonds. The van der Waals surface area contributed by atoms with Crippen molar-refractivity contribution >= 4 is 23.5 Å². The molecule has 0 unspecified atom stereocenters. The van der Waals surface area contributed by atoms with Crippen molar-refractivity contribution in [3.63, 3.8) is 0 Å². The van der Waals surface area contributed by atoms with Gasteiger partial charge in [-0.25, -0.2) is 0 Å². The Labute approximate surface area is 130 Å². The summed E-state index contributed by atoms with van der Waals surface area (Å²) in [6.07, 6.45) is 7.65. The van der Waals surface area contributed by atoms with Crippen LogP contribution in [0.1, 0.15) is 44.9 Å². The molecule has 0 bridgehead atoms. The van der Waals surface area contributed by atoms with E-state index in [4.69, 9.17) is 11.6 Å². The Balaban J connectivity index is 1.80. The summed E-state index contributed by atoms with van der Waals surface area (Å²) in [5.41, 5.74) is -0.314. The van der Waals surface area contributed by atoms with Crippen LogP contribution in [-0.2, 0) is 0 Å². The number of anilines is 2. The normalized spacial score (nSPS) is 21.5. The number of aliphatic hydroxyl groups is 1. The highest BCUT2D eigenvalue weighted by Gasteiger charge is 2.32. The lowest BCUT2D eigenvalue weighted by molar-refractivity contribution is 0.172. The molecule has 1 aliphatic carbocycles. The van der Waals surface area contributed by atoms with E-state index in [1.807, 2.05) is 0 Å². The number of rotatable bonds is 4. The maximum absolute atomic E-state index is 9.78. The van der Waals surface area contributed by atoms with Gasteiger partial charge < -0.3 is 15.3 Å². The second kappa shape index (κ2) is 6.32. The highest BCUT2D eigenvalue weighted by atomic mass is 35.5. The molecule has 3 rings (SSSR count). The first kappa shape index (κ1) is 14.8. The quantitative estimate of drug-likeness (QED) is 0.888. The third-order valence-electron chi connectivity index (χ3n) is 4.48. The zero-order chi connectivity index (χ0) is 14.7. The minimum absolute atomic E-state index is 0.0926. The van der Waals surface area contributed by atoms with Crippen molar-refractivity contribution < 1.29 is 5.11 Å². The van der Waals surface area contributed by atoms with Gasteiger partial charge in [0.05, 0.1) is 12.1 Å². The third-order valence-corrected chi connectivity index (χ3v) is 4.64. The molecule has 0 radical (unpaired) electrons. The van der Waals surface area contributed by atoms with Crippen molar-refractivity contribution in [1.82, 2.24) is 15.0 Å². The first-order valence-corrected chi connectivity index (χ1v) is 8.14. The molecule has 6 nitrogen and oxygen atoms in total. The molecule has 116 valence electrons. The van der Waals surface area contributed by atoms with Crippen LogP contribution in [0.15, 0.2) is 0 Å². The smallest absolute Gasteiger partial charge is 0.231 e. The van der Waals surface area contributed by atoms with Crippen molar-refractivity contribution in [2.45, 2.75) is 50.5 Å². The van der Waals surface area contributed by atoms with E-state index in [1.54, 1.807) is 0 Å². The number of hydrogen-bond acceptors (Lipinski definition) is 6. The molecule has 21 heavy (non-hydrogen) atoms. The van der Waals surface area contributed by atoms with Crippen LogP contribution in [0.3, 0.4) is 0 Å². The van der Waals surface area contributed by atoms with E-state index in [0.717, 1.165) is 51.6 Å². The number of hydrogen-bond donors (Lipinski definition) is 2. The topological polar surface area (TPSA) is 74.2 Å². The molecule has 1 aliphatic heterocycles. The van der Waals surface area contributed by atoms with Gasteiger partial charge in [-0.3, -0.25) is 0 Å². The van der Waals surface area contributed by atoms with E-state index >= 15 is 0 Å². The van der Waals surface area contributed by atoms with Gasteiger partial charge in [-0.05, 0) is 37.3 Å². The minimum Gasteiger partial charge on any atom is -0.394 e. The van der Waals surface area contributed by atoms with Crippen LogP contribution in [0.4, 0.5) is 11.9 Å². The number of halogens is 1. The van der Waals surface area contributed by atoms with Crippen LogP contribution in [0.2, 0.25) is 5.28 Å². The molecule has 2 heterocycles.